The van der Waals surface area contributed by atoms with Crippen LogP contribution < -0.4 is 5.32 Å². The Morgan fingerprint density at radius 3 is 3.11 bits per heavy atom. The van der Waals surface area contributed by atoms with Crippen LogP contribution in [0, 0.1) is 0 Å². The topological polar surface area (TPSA) is 41.1 Å². The van der Waals surface area contributed by atoms with Crippen molar-refractivity contribution >= 4 is 39.0 Å². The van der Waals surface area contributed by atoms with Gasteiger partial charge in [0.25, 0.3) is 0 Å². The third kappa shape index (κ3) is 2.68. The molecule has 1 aliphatic heterocycles. The van der Waals surface area contributed by atoms with Crippen LogP contribution in [0.15, 0.2) is 11.4 Å². The highest BCUT2D eigenvalue weighted by Gasteiger charge is 2.23. The highest BCUT2D eigenvalue weighted by molar-refractivity contribution is 7.17. The van der Waals surface area contributed by atoms with Crippen molar-refractivity contribution in [1.82, 2.24) is 14.9 Å². The van der Waals surface area contributed by atoms with Gasteiger partial charge in [-0.05, 0) is 49.9 Å². The zero-order valence-corrected chi connectivity index (χ0v) is 12.6. The SMILES string of the molecule is CC1CC(Nc2nc(Cl)nc3ccsc23)CCN1C. The summed E-state index contributed by atoms with van der Waals surface area (Å²) in [5.41, 5.74) is 0.925. The van der Waals surface area contributed by atoms with Crippen LogP contribution in [0.1, 0.15) is 19.8 Å². The maximum Gasteiger partial charge on any atom is 0.224 e. The Bertz CT molecular complexity index is 585. The molecule has 1 N–H and O–H groups in total. The minimum Gasteiger partial charge on any atom is -0.366 e. The van der Waals surface area contributed by atoms with Crippen molar-refractivity contribution in [3.05, 3.63) is 16.7 Å². The maximum atomic E-state index is 5.98. The summed E-state index contributed by atoms with van der Waals surface area (Å²) in [6.07, 6.45) is 2.26. The van der Waals surface area contributed by atoms with Crippen LogP contribution in [0.25, 0.3) is 10.2 Å². The summed E-state index contributed by atoms with van der Waals surface area (Å²) < 4.78 is 1.09. The van der Waals surface area contributed by atoms with Gasteiger partial charge in [-0.15, -0.1) is 11.3 Å². The summed E-state index contributed by atoms with van der Waals surface area (Å²) in [4.78, 5) is 11.0. The number of piperidine rings is 1. The van der Waals surface area contributed by atoms with Crippen LogP contribution in [0.4, 0.5) is 5.82 Å². The van der Waals surface area contributed by atoms with Crippen LogP contribution >= 0.6 is 22.9 Å². The fraction of sp³-hybridized carbons (Fsp3) is 0.538. The molecule has 4 nitrogen and oxygen atoms in total. The maximum absolute atomic E-state index is 5.98. The van der Waals surface area contributed by atoms with Gasteiger partial charge in [-0.3, -0.25) is 0 Å². The molecule has 2 aromatic rings. The number of thiophene rings is 1. The van der Waals surface area contributed by atoms with E-state index in [0.717, 1.165) is 35.4 Å². The van der Waals surface area contributed by atoms with Gasteiger partial charge in [0, 0.05) is 18.6 Å². The Kier molecular flexibility index (Phi) is 3.60. The zero-order chi connectivity index (χ0) is 13.4. The van der Waals surface area contributed by atoms with Crippen molar-refractivity contribution in [2.45, 2.75) is 31.8 Å². The van der Waals surface area contributed by atoms with Crippen LogP contribution in [-0.4, -0.2) is 40.5 Å². The second-order valence-electron chi connectivity index (χ2n) is 5.17. The molecule has 0 aromatic carbocycles. The van der Waals surface area contributed by atoms with Crippen LogP contribution in [0.2, 0.25) is 5.28 Å². The Morgan fingerprint density at radius 1 is 1.47 bits per heavy atom. The number of likely N-dealkylation sites (tertiary alicyclic amines) is 1. The van der Waals surface area contributed by atoms with Crippen molar-refractivity contribution in [3.63, 3.8) is 0 Å². The minimum atomic E-state index is 0.314. The molecule has 102 valence electrons. The van der Waals surface area contributed by atoms with Crippen molar-refractivity contribution < 1.29 is 0 Å². The van der Waals surface area contributed by atoms with E-state index >= 15 is 0 Å². The van der Waals surface area contributed by atoms with Crippen molar-refractivity contribution in [3.8, 4) is 0 Å². The lowest BCUT2D eigenvalue weighted by Gasteiger charge is -2.35. The number of hydrogen-bond acceptors (Lipinski definition) is 5. The first-order valence-corrected chi connectivity index (χ1v) is 7.77. The van der Waals surface area contributed by atoms with E-state index in [-0.39, 0.29) is 0 Å². The van der Waals surface area contributed by atoms with Crippen LogP contribution in [-0.2, 0) is 0 Å². The molecule has 0 spiro atoms. The molecule has 0 saturated carbocycles. The summed E-state index contributed by atoms with van der Waals surface area (Å²) >= 11 is 7.64. The number of halogens is 1. The Morgan fingerprint density at radius 2 is 2.32 bits per heavy atom. The van der Waals surface area contributed by atoms with Gasteiger partial charge in [0.1, 0.15) is 5.82 Å². The molecule has 2 atom stereocenters. The highest BCUT2D eigenvalue weighted by Crippen LogP contribution is 2.29. The highest BCUT2D eigenvalue weighted by atomic mass is 35.5. The van der Waals surface area contributed by atoms with E-state index in [1.807, 2.05) is 11.4 Å². The molecule has 1 aliphatic rings. The standard InChI is InChI=1S/C13H17ClN4S/c1-8-7-9(3-5-18(8)2)15-12-11-10(4-6-19-11)16-13(14)17-12/h4,6,8-9H,3,5,7H2,1-2H3,(H,15,16,17). The predicted molar refractivity (Wildman–Crippen MR) is 81.2 cm³/mol. The molecular weight excluding hydrogens is 280 g/mol. The first kappa shape index (κ1) is 13.1. The summed E-state index contributed by atoms with van der Waals surface area (Å²) in [6, 6.07) is 3.04. The molecule has 3 rings (SSSR count). The summed E-state index contributed by atoms with van der Waals surface area (Å²) in [5.74, 6) is 0.881. The summed E-state index contributed by atoms with van der Waals surface area (Å²) in [6.45, 7) is 3.38. The molecule has 6 heteroatoms. The summed E-state index contributed by atoms with van der Waals surface area (Å²) in [5, 5.41) is 5.89. The average Bonchev–Trinajstić information content (AvgIpc) is 2.82. The first-order valence-electron chi connectivity index (χ1n) is 6.51. The van der Waals surface area contributed by atoms with Gasteiger partial charge >= 0.3 is 0 Å². The predicted octanol–water partition coefficient (Wildman–Crippen LogP) is 3.24. The molecule has 0 aliphatic carbocycles. The number of hydrogen-bond donors (Lipinski definition) is 1. The van der Waals surface area contributed by atoms with Crippen LogP contribution in [0.5, 0.6) is 0 Å². The van der Waals surface area contributed by atoms with Crippen molar-refractivity contribution in [2.24, 2.45) is 0 Å². The van der Waals surface area contributed by atoms with Crippen molar-refractivity contribution in [1.29, 1.82) is 0 Å². The molecule has 19 heavy (non-hydrogen) atoms. The third-order valence-corrected chi connectivity index (χ3v) is 4.90. The number of rotatable bonds is 2. The Labute approximate surface area is 121 Å². The second kappa shape index (κ2) is 5.23. The van der Waals surface area contributed by atoms with E-state index in [2.05, 4.69) is 34.2 Å². The second-order valence-corrected chi connectivity index (χ2v) is 6.43. The fourth-order valence-corrected chi connectivity index (χ4v) is 3.51. The van der Waals surface area contributed by atoms with E-state index in [0.29, 0.717) is 17.4 Å². The summed E-state index contributed by atoms with van der Waals surface area (Å²) in [7, 11) is 2.18. The third-order valence-electron chi connectivity index (χ3n) is 3.83. The monoisotopic (exact) mass is 296 g/mol. The normalized spacial score (nSPS) is 24.8. The van der Waals surface area contributed by atoms with Gasteiger partial charge in [0.05, 0.1) is 10.2 Å². The fourth-order valence-electron chi connectivity index (χ4n) is 2.55. The molecular formula is C13H17ClN4S. The molecule has 0 amide bonds. The first-order chi connectivity index (χ1) is 9.13. The average molecular weight is 297 g/mol. The number of nitrogens with zero attached hydrogens (tertiary/aromatic N) is 3. The minimum absolute atomic E-state index is 0.314. The van der Waals surface area contributed by atoms with E-state index in [1.165, 1.54) is 0 Å². The Balaban J connectivity index is 1.83. The molecule has 1 saturated heterocycles. The Hall–Kier alpha value is -0.910. The molecule has 3 heterocycles. The largest absolute Gasteiger partial charge is 0.366 e. The van der Waals surface area contributed by atoms with Gasteiger partial charge in [0.15, 0.2) is 0 Å². The van der Waals surface area contributed by atoms with Crippen LogP contribution in [0.3, 0.4) is 0 Å². The van der Waals surface area contributed by atoms with E-state index < -0.39 is 0 Å². The number of anilines is 1. The van der Waals surface area contributed by atoms with Gasteiger partial charge in [-0.25, -0.2) is 4.98 Å². The lowest BCUT2D eigenvalue weighted by atomic mass is 9.99. The van der Waals surface area contributed by atoms with E-state index in [9.17, 15) is 0 Å². The quantitative estimate of drug-likeness (QED) is 0.864. The van der Waals surface area contributed by atoms with Crippen molar-refractivity contribution in [2.75, 3.05) is 18.9 Å². The number of nitrogens with one attached hydrogen (secondary N) is 1. The lowest BCUT2D eigenvalue weighted by molar-refractivity contribution is 0.190. The van der Waals surface area contributed by atoms with E-state index in [4.69, 9.17) is 11.6 Å². The number of aromatic nitrogens is 2. The zero-order valence-electron chi connectivity index (χ0n) is 11.1. The molecule has 0 radical (unpaired) electrons. The molecule has 1 fully saturated rings. The smallest absolute Gasteiger partial charge is 0.224 e. The van der Waals surface area contributed by atoms with Gasteiger partial charge in [0.2, 0.25) is 5.28 Å². The molecule has 2 unspecified atom stereocenters. The van der Waals surface area contributed by atoms with Gasteiger partial charge < -0.3 is 10.2 Å². The van der Waals surface area contributed by atoms with Gasteiger partial charge in [-0.1, -0.05) is 0 Å². The lowest BCUT2D eigenvalue weighted by Crippen LogP contribution is -2.42. The number of fused-ring (bicyclic) bond motifs is 1. The molecule has 2 aromatic heterocycles. The van der Waals surface area contributed by atoms with E-state index in [1.54, 1.807) is 11.3 Å². The van der Waals surface area contributed by atoms with Gasteiger partial charge in [-0.2, -0.15) is 4.98 Å². The molecule has 0 bridgehead atoms.